The van der Waals surface area contributed by atoms with Crippen LogP contribution in [0.1, 0.15) is 19.0 Å². The largest absolute Gasteiger partial charge is 0.457 e. The van der Waals surface area contributed by atoms with Crippen molar-refractivity contribution in [3.8, 4) is 11.5 Å². The van der Waals surface area contributed by atoms with Gasteiger partial charge in [0, 0.05) is 23.8 Å². The molecule has 0 unspecified atom stereocenters. The number of nitrogens with one attached hydrogen (secondary N) is 1. The summed E-state index contributed by atoms with van der Waals surface area (Å²) >= 11 is 5.84. The average Bonchev–Trinajstić information content (AvgIpc) is 2.42. The normalized spacial score (nSPS) is 10.4. The quantitative estimate of drug-likeness (QED) is 0.809. The molecule has 19 heavy (non-hydrogen) atoms. The van der Waals surface area contributed by atoms with Crippen molar-refractivity contribution in [2.45, 2.75) is 19.9 Å². The molecule has 0 aliphatic heterocycles. The Labute approximate surface area is 118 Å². The van der Waals surface area contributed by atoms with Gasteiger partial charge in [-0.2, -0.15) is 0 Å². The molecule has 0 radical (unpaired) electrons. The van der Waals surface area contributed by atoms with Crippen LogP contribution in [0.5, 0.6) is 11.5 Å². The molecule has 1 N–H and O–H groups in total. The number of pyridine rings is 1. The Morgan fingerprint density at radius 2 is 1.95 bits per heavy atom. The molecule has 4 heteroatoms. The lowest BCUT2D eigenvalue weighted by Gasteiger charge is -2.07. The van der Waals surface area contributed by atoms with Crippen LogP contribution in [0, 0.1) is 0 Å². The van der Waals surface area contributed by atoms with Gasteiger partial charge in [0.1, 0.15) is 11.5 Å². The first-order valence-corrected chi connectivity index (χ1v) is 6.75. The minimum Gasteiger partial charge on any atom is -0.457 e. The monoisotopic (exact) mass is 276 g/mol. The summed E-state index contributed by atoms with van der Waals surface area (Å²) in [5.41, 5.74) is 0.972. The summed E-state index contributed by atoms with van der Waals surface area (Å²) in [6.07, 6.45) is 2.87. The van der Waals surface area contributed by atoms with Crippen LogP contribution in [-0.4, -0.2) is 11.5 Å². The molecule has 1 heterocycles. The molecule has 0 saturated carbocycles. The molecule has 3 nitrogen and oxygen atoms in total. The van der Waals surface area contributed by atoms with Gasteiger partial charge in [0.15, 0.2) is 0 Å². The summed E-state index contributed by atoms with van der Waals surface area (Å²) in [7, 11) is 0. The van der Waals surface area contributed by atoms with Gasteiger partial charge in [-0.15, -0.1) is 0 Å². The molecule has 2 aromatic rings. The number of aromatic nitrogens is 1. The fourth-order valence-electron chi connectivity index (χ4n) is 1.65. The summed E-state index contributed by atoms with van der Waals surface area (Å²) in [5, 5.41) is 4.01. The molecule has 0 aliphatic rings. The second kappa shape index (κ2) is 7.12. The van der Waals surface area contributed by atoms with E-state index in [4.69, 9.17) is 16.3 Å². The first-order chi connectivity index (χ1) is 9.28. The summed E-state index contributed by atoms with van der Waals surface area (Å²) < 4.78 is 5.75. The van der Waals surface area contributed by atoms with Crippen molar-refractivity contribution < 1.29 is 4.74 Å². The Balaban J connectivity index is 2.00. The number of hydrogen-bond donors (Lipinski definition) is 1. The van der Waals surface area contributed by atoms with E-state index in [0.29, 0.717) is 5.02 Å². The summed E-state index contributed by atoms with van der Waals surface area (Å²) in [6.45, 7) is 3.89. The number of benzene rings is 1. The number of nitrogens with zero attached hydrogens (tertiary/aromatic N) is 1. The highest BCUT2D eigenvalue weighted by molar-refractivity contribution is 6.30. The first kappa shape index (κ1) is 13.8. The van der Waals surface area contributed by atoms with Gasteiger partial charge in [-0.25, -0.2) is 0 Å². The zero-order valence-corrected chi connectivity index (χ0v) is 11.7. The van der Waals surface area contributed by atoms with Crippen molar-refractivity contribution in [2.75, 3.05) is 6.54 Å². The Morgan fingerprint density at radius 3 is 2.68 bits per heavy atom. The SMILES string of the molecule is CCCNCc1cc(Oc2ccc(Cl)cc2)ccn1. The van der Waals surface area contributed by atoms with E-state index >= 15 is 0 Å². The molecular formula is C15H17ClN2O. The molecular weight excluding hydrogens is 260 g/mol. The molecule has 2 rings (SSSR count). The van der Waals surface area contributed by atoms with Crippen molar-refractivity contribution in [2.24, 2.45) is 0 Å². The van der Waals surface area contributed by atoms with Crippen LogP contribution in [0.25, 0.3) is 0 Å². The number of halogens is 1. The maximum absolute atomic E-state index is 5.84. The maximum atomic E-state index is 5.84. The molecule has 0 saturated heterocycles. The third-order valence-corrected chi connectivity index (χ3v) is 2.82. The van der Waals surface area contributed by atoms with Crippen LogP contribution in [0.4, 0.5) is 0 Å². The van der Waals surface area contributed by atoms with Crippen molar-refractivity contribution in [1.82, 2.24) is 10.3 Å². The van der Waals surface area contributed by atoms with Crippen molar-refractivity contribution >= 4 is 11.6 Å². The predicted molar refractivity (Wildman–Crippen MR) is 77.8 cm³/mol. The van der Waals surface area contributed by atoms with Crippen LogP contribution in [0.3, 0.4) is 0 Å². The van der Waals surface area contributed by atoms with E-state index in [1.54, 1.807) is 6.20 Å². The summed E-state index contributed by atoms with van der Waals surface area (Å²) in [6, 6.07) is 11.1. The van der Waals surface area contributed by atoms with E-state index in [1.165, 1.54) is 0 Å². The second-order valence-electron chi connectivity index (χ2n) is 4.22. The van der Waals surface area contributed by atoms with E-state index in [0.717, 1.165) is 36.7 Å². The van der Waals surface area contributed by atoms with Gasteiger partial charge in [0.25, 0.3) is 0 Å². The topological polar surface area (TPSA) is 34.1 Å². The molecule has 0 amide bonds. The highest BCUT2D eigenvalue weighted by Gasteiger charge is 2.00. The standard InChI is InChI=1S/C15H17ClN2O/c1-2-8-17-11-13-10-15(7-9-18-13)19-14-5-3-12(16)4-6-14/h3-7,9-10,17H,2,8,11H2,1H3. The Hall–Kier alpha value is -1.58. The summed E-state index contributed by atoms with van der Waals surface area (Å²) in [4.78, 5) is 4.30. The molecule has 0 bridgehead atoms. The van der Waals surface area contributed by atoms with Crippen LogP contribution in [-0.2, 0) is 6.54 Å². The predicted octanol–water partition coefficient (Wildman–Crippen LogP) is 4.03. The minimum atomic E-state index is 0.700. The Kier molecular flexibility index (Phi) is 5.19. The van der Waals surface area contributed by atoms with Gasteiger partial charge < -0.3 is 10.1 Å². The maximum Gasteiger partial charge on any atom is 0.130 e. The lowest BCUT2D eigenvalue weighted by Crippen LogP contribution is -2.14. The van der Waals surface area contributed by atoms with Gasteiger partial charge in [0.05, 0.1) is 5.69 Å². The lowest BCUT2D eigenvalue weighted by molar-refractivity contribution is 0.480. The lowest BCUT2D eigenvalue weighted by atomic mass is 10.3. The van der Waals surface area contributed by atoms with Gasteiger partial charge in [-0.3, -0.25) is 4.98 Å². The van der Waals surface area contributed by atoms with E-state index in [1.807, 2.05) is 36.4 Å². The van der Waals surface area contributed by atoms with Gasteiger partial charge in [-0.05, 0) is 43.3 Å². The Bertz CT molecular complexity index is 514. The third kappa shape index (κ3) is 4.54. The number of hydrogen-bond acceptors (Lipinski definition) is 3. The van der Waals surface area contributed by atoms with Crippen molar-refractivity contribution in [3.63, 3.8) is 0 Å². The molecule has 1 aromatic heterocycles. The zero-order valence-electron chi connectivity index (χ0n) is 10.9. The van der Waals surface area contributed by atoms with Crippen LogP contribution in [0.2, 0.25) is 5.02 Å². The second-order valence-corrected chi connectivity index (χ2v) is 4.65. The smallest absolute Gasteiger partial charge is 0.130 e. The zero-order chi connectivity index (χ0) is 13.5. The highest BCUT2D eigenvalue weighted by atomic mass is 35.5. The van der Waals surface area contributed by atoms with Crippen molar-refractivity contribution in [3.05, 3.63) is 53.3 Å². The summed E-state index contributed by atoms with van der Waals surface area (Å²) in [5.74, 6) is 1.55. The molecule has 0 atom stereocenters. The average molecular weight is 277 g/mol. The number of ether oxygens (including phenoxy) is 1. The number of rotatable bonds is 6. The van der Waals surface area contributed by atoms with Crippen LogP contribution in [0.15, 0.2) is 42.6 Å². The third-order valence-electron chi connectivity index (χ3n) is 2.57. The van der Waals surface area contributed by atoms with E-state index < -0.39 is 0 Å². The van der Waals surface area contributed by atoms with Gasteiger partial charge >= 0.3 is 0 Å². The molecule has 0 aliphatic carbocycles. The van der Waals surface area contributed by atoms with E-state index in [9.17, 15) is 0 Å². The highest BCUT2D eigenvalue weighted by Crippen LogP contribution is 2.23. The first-order valence-electron chi connectivity index (χ1n) is 6.37. The van der Waals surface area contributed by atoms with Crippen molar-refractivity contribution in [1.29, 1.82) is 0 Å². The minimum absolute atomic E-state index is 0.700. The van der Waals surface area contributed by atoms with Gasteiger partial charge in [0.2, 0.25) is 0 Å². The van der Waals surface area contributed by atoms with Crippen LogP contribution >= 0.6 is 11.6 Å². The molecule has 1 aromatic carbocycles. The molecule has 0 spiro atoms. The van der Waals surface area contributed by atoms with Crippen LogP contribution < -0.4 is 10.1 Å². The van der Waals surface area contributed by atoms with E-state index in [2.05, 4.69) is 17.2 Å². The van der Waals surface area contributed by atoms with Gasteiger partial charge in [-0.1, -0.05) is 18.5 Å². The fourth-order valence-corrected chi connectivity index (χ4v) is 1.77. The molecule has 100 valence electrons. The van der Waals surface area contributed by atoms with E-state index in [-0.39, 0.29) is 0 Å². The molecule has 0 fully saturated rings. The Morgan fingerprint density at radius 1 is 1.16 bits per heavy atom. The fraction of sp³-hybridized carbons (Fsp3) is 0.267.